The molecule has 0 saturated carbocycles. The summed E-state index contributed by atoms with van der Waals surface area (Å²) in [6.45, 7) is 14.4. The fraction of sp³-hybridized carbons (Fsp3) is 0.661. The number of carbonyl (C=O) groups is 7. The zero-order valence-electron chi connectivity index (χ0n) is 48.1. The second kappa shape index (κ2) is 30.7. The number of carboxylic acid groups (broad SMARTS) is 1. The minimum Gasteiger partial charge on any atom is -0.479 e. The molecule has 10 N–H and O–H groups in total. The number of aliphatic hydroxyl groups is 4. The van der Waals surface area contributed by atoms with Crippen LogP contribution in [-0.4, -0.2) is 196 Å². The van der Waals surface area contributed by atoms with Crippen LogP contribution in [0.25, 0.3) is 0 Å². The molecule has 0 spiro atoms. The molecule has 80 heavy (non-hydrogen) atoms. The predicted molar refractivity (Wildman–Crippen MR) is 292 cm³/mol. The molecule has 24 heteroatoms. The highest BCUT2D eigenvalue weighted by atomic mass is 16.7. The van der Waals surface area contributed by atoms with E-state index in [1.807, 2.05) is 32.0 Å². The Balaban J connectivity index is 1.47. The Morgan fingerprint density at radius 2 is 1.51 bits per heavy atom. The van der Waals surface area contributed by atoms with Crippen LogP contribution >= 0.6 is 0 Å². The van der Waals surface area contributed by atoms with Crippen molar-refractivity contribution in [3.63, 3.8) is 0 Å². The van der Waals surface area contributed by atoms with Crippen LogP contribution in [0.5, 0.6) is 5.75 Å². The van der Waals surface area contributed by atoms with Gasteiger partial charge in [0.1, 0.15) is 42.8 Å². The van der Waals surface area contributed by atoms with Crippen molar-refractivity contribution >= 4 is 47.3 Å². The number of nitrogens with zero attached hydrogens (tertiary/aromatic N) is 3. The van der Waals surface area contributed by atoms with E-state index in [-0.39, 0.29) is 48.6 Å². The number of rotatable bonds is 28. The van der Waals surface area contributed by atoms with Gasteiger partial charge in [0.05, 0.1) is 54.5 Å². The van der Waals surface area contributed by atoms with E-state index in [2.05, 4.69) is 16.0 Å². The van der Waals surface area contributed by atoms with Crippen molar-refractivity contribution in [2.45, 2.75) is 173 Å². The molecule has 0 aliphatic carbocycles. The number of hydrogen-bond acceptors (Lipinski definition) is 17. The van der Waals surface area contributed by atoms with E-state index >= 15 is 0 Å². The number of hydrogen-bond donors (Lipinski definition) is 9. The van der Waals surface area contributed by atoms with Crippen molar-refractivity contribution in [2.75, 3.05) is 46.7 Å². The third kappa shape index (κ3) is 16.8. The highest BCUT2D eigenvalue weighted by Crippen LogP contribution is 2.33. The average molecular weight is 1130 g/mol. The van der Waals surface area contributed by atoms with Gasteiger partial charge in [-0.05, 0) is 60.8 Å². The Bertz CT molecular complexity index is 2380. The molecule has 2 aliphatic heterocycles. The molecular weight excluding hydrogens is 1040 g/mol. The van der Waals surface area contributed by atoms with E-state index in [0.717, 1.165) is 4.90 Å². The summed E-state index contributed by atoms with van der Waals surface area (Å²) in [5.41, 5.74) is 6.50. The van der Waals surface area contributed by atoms with Gasteiger partial charge in [0, 0.05) is 47.8 Å². The maximum Gasteiger partial charge on any atom is 0.410 e. The van der Waals surface area contributed by atoms with Crippen LogP contribution in [0, 0.1) is 23.7 Å². The number of aliphatic hydroxyl groups excluding tert-OH is 4. The standard InChI is InChI=1S/C56H87N7O17/c1-13-31(6)44(39(76-11)27-41(65)63-25-17-20-37(63)49(77-12)32(7)51(70)58-33(8)45(66)35-18-15-14-16-19-35)61(9)53(72)42(29(2)3)60-52(71)43(30(4)5)62(10)56(75)78-28-34-21-22-38(36(26-34)59-40(64)23-24-57)79-55-48(69)46(67)47(68)50(80-55)54(73)74/h14-16,18-19,21-22,26,29-33,37,39,42-50,55,66-69H,13,17,20,23-25,27-28,57H2,1-12H3,(H,58,70)(H,59,64)(H,60,71)(H,73,74)/t31?,32?,33?,37-,39?,42?,43?,44?,45?,46-,47-,48?,49?,50?,55+/m0/s1. The summed E-state index contributed by atoms with van der Waals surface area (Å²) in [5.74, 6) is -5.83. The lowest BCUT2D eigenvalue weighted by molar-refractivity contribution is -0.271. The van der Waals surface area contributed by atoms with Crippen LogP contribution in [-0.2, 0) is 54.3 Å². The van der Waals surface area contributed by atoms with E-state index < -0.39 is 133 Å². The van der Waals surface area contributed by atoms with E-state index in [4.69, 9.17) is 29.4 Å². The number of likely N-dealkylation sites (N-methyl/N-ethyl adjacent to an activating group) is 2. The molecule has 2 saturated heterocycles. The number of anilines is 1. The molecule has 15 atom stereocenters. The minimum atomic E-state index is -1.97. The lowest BCUT2D eigenvalue weighted by atomic mass is 9.89. The number of nitrogens with one attached hydrogen (secondary N) is 3. The molecule has 0 bridgehead atoms. The molecule has 2 aliphatic rings. The van der Waals surface area contributed by atoms with Crippen molar-refractivity contribution in [2.24, 2.45) is 29.4 Å². The Kier molecular flexibility index (Phi) is 25.5. The number of carboxylic acids is 1. The fourth-order valence-electron chi connectivity index (χ4n) is 10.4. The number of nitrogens with two attached hydrogens (primary N) is 1. The van der Waals surface area contributed by atoms with E-state index in [1.165, 1.54) is 44.4 Å². The molecule has 0 radical (unpaired) electrons. The summed E-state index contributed by atoms with van der Waals surface area (Å²) >= 11 is 0. The fourth-order valence-corrected chi connectivity index (χ4v) is 10.4. The number of ether oxygens (including phenoxy) is 5. The molecule has 2 fully saturated rings. The molecule has 0 aromatic heterocycles. The van der Waals surface area contributed by atoms with Gasteiger partial charge in [0.2, 0.25) is 35.8 Å². The number of benzene rings is 2. The monoisotopic (exact) mass is 1130 g/mol. The Morgan fingerprint density at radius 3 is 2.09 bits per heavy atom. The third-order valence-corrected chi connectivity index (χ3v) is 15.2. The van der Waals surface area contributed by atoms with Gasteiger partial charge < -0.3 is 80.7 Å². The molecule has 6 amide bonds. The first-order valence-electron chi connectivity index (χ1n) is 27.3. The van der Waals surface area contributed by atoms with Crippen molar-refractivity contribution in [3.8, 4) is 5.75 Å². The van der Waals surface area contributed by atoms with Crippen molar-refractivity contribution in [1.82, 2.24) is 25.3 Å². The van der Waals surface area contributed by atoms with Crippen LogP contribution in [0.3, 0.4) is 0 Å². The van der Waals surface area contributed by atoms with Crippen LogP contribution in [0.1, 0.15) is 105 Å². The summed E-state index contributed by atoms with van der Waals surface area (Å²) in [6, 6.07) is 9.20. The summed E-state index contributed by atoms with van der Waals surface area (Å²) < 4.78 is 28.6. The number of carbonyl (C=O) groups excluding carboxylic acids is 6. The van der Waals surface area contributed by atoms with Crippen molar-refractivity contribution < 1.29 is 82.8 Å². The van der Waals surface area contributed by atoms with Gasteiger partial charge in [-0.3, -0.25) is 28.9 Å². The smallest absolute Gasteiger partial charge is 0.410 e. The molecule has 2 aromatic carbocycles. The van der Waals surface area contributed by atoms with Crippen LogP contribution in [0.15, 0.2) is 48.5 Å². The van der Waals surface area contributed by atoms with E-state index in [1.54, 1.807) is 65.6 Å². The topological polar surface area (TPSA) is 339 Å². The highest BCUT2D eigenvalue weighted by molar-refractivity contribution is 5.93. The Hall–Kier alpha value is -5.99. The van der Waals surface area contributed by atoms with Crippen molar-refractivity contribution in [1.29, 1.82) is 0 Å². The maximum absolute atomic E-state index is 14.7. The predicted octanol–water partition coefficient (Wildman–Crippen LogP) is 2.14. The summed E-state index contributed by atoms with van der Waals surface area (Å²) in [4.78, 5) is 99.7. The van der Waals surface area contributed by atoms with Crippen LogP contribution in [0.2, 0.25) is 0 Å². The summed E-state index contributed by atoms with van der Waals surface area (Å²) in [5, 5.41) is 59.8. The quantitative estimate of drug-likeness (QED) is 0.0589. The Morgan fingerprint density at radius 1 is 0.850 bits per heavy atom. The van der Waals surface area contributed by atoms with Gasteiger partial charge in [-0.25, -0.2) is 9.59 Å². The molecule has 24 nitrogen and oxygen atoms in total. The van der Waals surface area contributed by atoms with E-state index in [9.17, 15) is 59.1 Å². The second-order valence-electron chi connectivity index (χ2n) is 21.6. The third-order valence-electron chi connectivity index (χ3n) is 15.2. The lowest BCUT2D eigenvalue weighted by Gasteiger charge is -2.41. The molecule has 11 unspecified atom stereocenters. The van der Waals surface area contributed by atoms with Crippen molar-refractivity contribution in [3.05, 3.63) is 59.7 Å². The summed E-state index contributed by atoms with van der Waals surface area (Å²) in [7, 11) is 5.97. The normalized spacial score (nSPS) is 22.6. The number of aliphatic carboxylic acids is 1. The van der Waals surface area contributed by atoms with Gasteiger partial charge >= 0.3 is 12.1 Å². The number of likely N-dealkylation sites (tertiary alicyclic amines) is 1. The minimum absolute atomic E-state index is 0.0190. The van der Waals surface area contributed by atoms with Gasteiger partial charge in [-0.1, -0.05) is 91.3 Å². The van der Waals surface area contributed by atoms with Gasteiger partial charge in [-0.2, -0.15) is 0 Å². The van der Waals surface area contributed by atoms with Crippen LogP contribution in [0.4, 0.5) is 10.5 Å². The van der Waals surface area contributed by atoms with Gasteiger partial charge in [-0.15, -0.1) is 0 Å². The Labute approximate surface area is 468 Å². The van der Waals surface area contributed by atoms with E-state index in [0.29, 0.717) is 36.9 Å². The second-order valence-corrected chi connectivity index (χ2v) is 21.6. The molecule has 4 rings (SSSR count). The average Bonchev–Trinajstić information content (AvgIpc) is 3.91. The molecule has 2 aromatic rings. The lowest BCUT2D eigenvalue weighted by Crippen LogP contribution is -2.61. The number of amides is 6. The highest BCUT2D eigenvalue weighted by Gasteiger charge is 2.49. The zero-order valence-corrected chi connectivity index (χ0v) is 48.1. The molecule has 2 heterocycles. The SMILES string of the molecule is CCC(C)C(C(CC(=O)N1CCC[C@H]1C(OC)C(C)C(=O)NC(C)C(O)c1ccccc1)OC)N(C)C(=O)C(NC(=O)C(C(C)C)N(C)C(=O)OCc1ccc(O[C@@H]2OC(C(=O)O)[C@@H](O)[C@H](O)C2O)c(NC(=O)CCN)c1)C(C)C. The zero-order chi connectivity index (χ0) is 59.9. The molecular formula is C56H87N7O17. The number of methoxy groups -OCH3 is 2. The first-order chi connectivity index (χ1) is 37.7. The maximum atomic E-state index is 14.7. The first-order valence-corrected chi connectivity index (χ1v) is 27.3. The van der Waals surface area contributed by atoms with Gasteiger partial charge in [0.15, 0.2) is 6.10 Å². The summed E-state index contributed by atoms with van der Waals surface area (Å²) in [6.07, 6.45) is -11.3. The van der Waals surface area contributed by atoms with Gasteiger partial charge in [0.25, 0.3) is 0 Å². The first kappa shape index (κ1) is 66.5. The molecule has 448 valence electrons. The van der Waals surface area contributed by atoms with Crippen LogP contribution < -0.4 is 26.4 Å². The largest absolute Gasteiger partial charge is 0.479 e.